The Labute approximate surface area is 90.0 Å². The van der Waals surface area contributed by atoms with E-state index in [4.69, 9.17) is 5.73 Å². The maximum absolute atomic E-state index is 11.6. The fourth-order valence-electron chi connectivity index (χ4n) is 1.39. The van der Waals surface area contributed by atoms with Gasteiger partial charge in [0, 0.05) is 25.6 Å². The number of nitrogens with zero attached hydrogens (tertiary/aromatic N) is 1. The molecule has 0 atom stereocenters. The Kier molecular flexibility index (Phi) is 4.55. The minimum Gasteiger partial charge on any atom is -0.368 e. The van der Waals surface area contributed by atoms with Crippen LogP contribution in [0.4, 0.5) is 0 Å². The maximum atomic E-state index is 11.6. The standard InChI is InChI=1S/C10H19N3O2/c1-2-13(7-9(11)14)10(15)5-6-12-8-3-4-8/h8,12H,2-7H2,1H3,(H2,11,14). The quantitative estimate of drug-likeness (QED) is 0.596. The van der Waals surface area contributed by atoms with Gasteiger partial charge in [-0.3, -0.25) is 9.59 Å². The molecule has 1 rings (SSSR count). The van der Waals surface area contributed by atoms with Crippen molar-refractivity contribution in [3.05, 3.63) is 0 Å². The molecule has 0 saturated heterocycles. The lowest BCUT2D eigenvalue weighted by atomic mass is 10.3. The number of amides is 2. The molecule has 1 fully saturated rings. The average molecular weight is 213 g/mol. The van der Waals surface area contributed by atoms with Crippen molar-refractivity contribution in [2.75, 3.05) is 19.6 Å². The van der Waals surface area contributed by atoms with Gasteiger partial charge < -0.3 is 16.0 Å². The van der Waals surface area contributed by atoms with Crippen LogP contribution in [-0.2, 0) is 9.59 Å². The minimum atomic E-state index is -0.458. The summed E-state index contributed by atoms with van der Waals surface area (Å²) in [7, 11) is 0. The Bertz CT molecular complexity index is 239. The Hall–Kier alpha value is -1.10. The first-order valence-electron chi connectivity index (χ1n) is 5.43. The second kappa shape index (κ2) is 5.70. The molecule has 5 nitrogen and oxygen atoms in total. The van der Waals surface area contributed by atoms with E-state index < -0.39 is 5.91 Å². The third kappa shape index (κ3) is 4.78. The molecule has 0 aromatic heterocycles. The van der Waals surface area contributed by atoms with Crippen LogP contribution in [0.2, 0.25) is 0 Å². The second-order valence-corrected chi connectivity index (χ2v) is 3.85. The summed E-state index contributed by atoms with van der Waals surface area (Å²) in [4.78, 5) is 23.8. The number of nitrogens with two attached hydrogens (primary N) is 1. The molecule has 2 amide bonds. The normalized spacial score (nSPS) is 15.0. The molecular weight excluding hydrogens is 194 g/mol. The Balaban J connectivity index is 2.18. The van der Waals surface area contributed by atoms with Crippen LogP contribution in [0.1, 0.15) is 26.2 Å². The SMILES string of the molecule is CCN(CC(N)=O)C(=O)CCNC1CC1. The summed E-state index contributed by atoms with van der Waals surface area (Å²) in [6, 6.07) is 0.615. The van der Waals surface area contributed by atoms with E-state index in [0.29, 0.717) is 25.6 Å². The molecule has 0 unspecified atom stereocenters. The van der Waals surface area contributed by atoms with E-state index in [9.17, 15) is 9.59 Å². The van der Waals surface area contributed by atoms with Crippen LogP contribution in [0.15, 0.2) is 0 Å². The molecule has 1 saturated carbocycles. The molecule has 0 heterocycles. The van der Waals surface area contributed by atoms with Gasteiger partial charge >= 0.3 is 0 Å². The second-order valence-electron chi connectivity index (χ2n) is 3.85. The van der Waals surface area contributed by atoms with E-state index in [1.807, 2.05) is 6.92 Å². The van der Waals surface area contributed by atoms with E-state index in [1.54, 1.807) is 0 Å². The molecule has 15 heavy (non-hydrogen) atoms. The predicted molar refractivity (Wildman–Crippen MR) is 57.1 cm³/mol. The van der Waals surface area contributed by atoms with Crippen LogP contribution >= 0.6 is 0 Å². The lowest BCUT2D eigenvalue weighted by Gasteiger charge is -2.18. The molecule has 1 aliphatic carbocycles. The van der Waals surface area contributed by atoms with Gasteiger partial charge in [0.15, 0.2) is 0 Å². The van der Waals surface area contributed by atoms with Gasteiger partial charge in [-0.2, -0.15) is 0 Å². The third-order valence-corrected chi connectivity index (χ3v) is 2.43. The first kappa shape index (κ1) is 12.0. The summed E-state index contributed by atoms with van der Waals surface area (Å²) in [5.74, 6) is -0.468. The van der Waals surface area contributed by atoms with Crippen LogP contribution in [0.25, 0.3) is 0 Å². The molecule has 3 N–H and O–H groups in total. The van der Waals surface area contributed by atoms with Crippen molar-refractivity contribution in [2.24, 2.45) is 5.73 Å². The highest BCUT2D eigenvalue weighted by atomic mass is 16.2. The highest BCUT2D eigenvalue weighted by Gasteiger charge is 2.21. The van der Waals surface area contributed by atoms with E-state index in [1.165, 1.54) is 17.7 Å². The monoisotopic (exact) mass is 213 g/mol. The fraction of sp³-hybridized carbons (Fsp3) is 0.800. The largest absolute Gasteiger partial charge is 0.368 e. The molecule has 0 aromatic rings. The number of primary amides is 1. The van der Waals surface area contributed by atoms with Gasteiger partial charge in [0.25, 0.3) is 0 Å². The Morgan fingerprint density at radius 2 is 2.13 bits per heavy atom. The van der Waals surface area contributed by atoms with Crippen LogP contribution in [0, 0.1) is 0 Å². The zero-order valence-corrected chi connectivity index (χ0v) is 9.16. The van der Waals surface area contributed by atoms with Crippen molar-refractivity contribution in [1.82, 2.24) is 10.2 Å². The molecule has 5 heteroatoms. The smallest absolute Gasteiger partial charge is 0.237 e. The van der Waals surface area contributed by atoms with Crippen molar-refractivity contribution >= 4 is 11.8 Å². The lowest BCUT2D eigenvalue weighted by Crippen LogP contribution is -2.39. The van der Waals surface area contributed by atoms with Crippen molar-refractivity contribution in [1.29, 1.82) is 0 Å². The average Bonchev–Trinajstić information content (AvgIpc) is 2.97. The Morgan fingerprint density at radius 3 is 2.60 bits per heavy atom. The summed E-state index contributed by atoms with van der Waals surface area (Å²) in [5.41, 5.74) is 5.05. The van der Waals surface area contributed by atoms with Crippen molar-refractivity contribution < 1.29 is 9.59 Å². The highest BCUT2D eigenvalue weighted by molar-refractivity contribution is 5.83. The van der Waals surface area contributed by atoms with E-state index in [2.05, 4.69) is 5.32 Å². The van der Waals surface area contributed by atoms with E-state index in [-0.39, 0.29) is 12.5 Å². The lowest BCUT2D eigenvalue weighted by molar-refractivity contribution is -0.134. The zero-order valence-electron chi connectivity index (χ0n) is 9.16. The summed E-state index contributed by atoms with van der Waals surface area (Å²) in [5, 5.41) is 3.26. The van der Waals surface area contributed by atoms with Crippen molar-refractivity contribution in [3.8, 4) is 0 Å². The van der Waals surface area contributed by atoms with Gasteiger partial charge in [0.2, 0.25) is 11.8 Å². The van der Waals surface area contributed by atoms with Gasteiger partial charge in [-0.05, 0) is 19.8 Å². The van der Waals surface area contributed by atoms with Crippen LogP contribution in [-0.4, -0.2) is 42.4 Å². The topological polar surface area (TPSA) is 75.4 Å². The summed E-state index contributed by atoms with van der Waals surface area (Å²) < 4.78 is 0. The van der Waals surface area contributed by atoms with E-state index >= 15 is 0 Å². The van der Waals surface area contributed by atoms with Gasteiger partial charge in [-0.25, -0.2) is 0 Å². The van der Waals surface area contributed by atoms with Crippen LogP contribution in [0.3, 0.4) is 0 Å². The van der Waals surface area contributed by atoms with E-state index in [0.717, 1.165) is 0 Å². The van der Waals surface area contributed by atoms with Crippen molar-refractivity contribution in [2.45, 2.75) is 32.2 Å². The molecule has 0 aliphatic heterocycles. The van der Waals surface area contributed by atoms with Gasteiger partial charge in [-0.1, -0.05) is 0 Å². The number of likely N-dealkylation sites (N-methyl/N-ethyl adjacent to an activating group) is 1. The number of nitrogens with one attached hydrogen (secondary N) is 1. The van der Waals surface area contributed by atoms with Crippen LogP contribution in [0.5, 0.6) is 0 Å². The number of rotatable bonds is 7. The van der Waals surface area contributed by atoms with Gasteiger partial charge in [-0.15, -0.1) is 0 Å². The fourth-order valence-corrected chi connectivity index (χ4v) is 1.39. The minimum absolute atomic E-state index is 0.00977. The summed E-state index contributed by atoms with van der Waals surface area (Å²) in [6.45, 7) is 3.10. The molecule has 0 radical (unpaired) electrons. The number of hydrogen-bond donors (Lipinski definition) is 2. The highest BCUT2D eigenvalue weighted by Crippen LogP contribution is 2.18. The van der Waals surface area contributed by atoms with Crippen LogP contribution < -0.4 is 11.1 Å². The molecule has 0 bridgehead atoms. The Morgan fingerprint density at radius 1 is 1.47 bits per heavy atom. The number of hydrogen-bond acceptors (Lipinski definition) is 3. The summed E-state index contributed by atoms with van der Waals surface area (Å²) >= 11 is 0. The van der Waals surface area contributed by atoms with Gasteiger partial charge in [0.05, 0.1) is 6.54 Å². The number of carbonyl (C=O) groups is 2. The number of carbonyl (C=O) groups excluding carboxylic acids is 2. The third-order valence-electron chi connectivity index (χ3n) is 2.43. The van der Waals surface area contributed by atoms with Crippen molar-refractivity contribution in [3.63, 3.8) is 0 Å². The molecule has 86 valence electrons. The molecule has 0 aromatic carbocycles. The molecular formula is C10H19N3O2. The maximum Gasteiger partial charge on any atom is 0.237 e. The first-order chi connectivity index (χ1) is 7.13. The predicted octanol–water partition coefficient (Wildman–Crippen LogP) is -0.538. The first-order valence-corrected chi connectivity index (χ1v) is 5.43. The van der Waals surface area contributed by atoms with Gasteiger partial charge in [0.1, 0.15) is 0 Å². The summed E-state index contributed by atoms with van der Waals surface area (Å²) in [6.07, 6.45) is 2.87. The molecule has 0 spiro atoms. The zero-order chi connectivity index (χ0) is 11.3. The molecule has 1 aliphatic rings.